The summed E-state index contributed by atoms with van der Waals surface area (Å²) < 4.78 is 44.6. The van der Waals surface area contributed by atoms with E-state index in [1.807, 2.05) is 0 Å². The van der Waals surface area contributed by atoms with E-state index >= 15 is 0 Å². The van der Waals surface area contributed by atoms with E-state index in [1.54, 1.807) is 19.1 Å². The van der Waals surface area contributed by atoms with Crippen LogP contribution in [0.1, 0.15) is 5.56 Å². The first-order chi connectivity index (χ1) is 11.0. The Bertz CT molecular complexity index is 940. The number of aryl methyl sites for hydroxylation is 1. The van der Waals surface area contributed by atoms with Crippen LogP contribution in [0.2, 0.25) is 0 Å². The molecule has 0 aliphatic heterocycles. The molecule has 1 aromatic heterocycles. The number of halogens is 1. The highest BCUT2D eigenvalue weighted by molar-refractivity contribution is 7.87. The van der Waals surface area contributed by atoms with E-state index in [0.29, 0.717) is 11.3 Å². The van der Waals surface area contributed by atoms with Gasteiger partial charge in [-0.3, -0.25) is 0 Å². The molecule has 23 heavy (non-hydrogen) atoms. The lowest BCUT2D eigenvalue weighted by molar-refractivity contribution is 0.484. The minimum atomic E-state index is -4.14. The number of rotatable bonds is 4. The van der Waals surface area contributed by atoms with Crippen molar-refractivity contribution in [3.63, 3.8) is 0 Å². The van der Waals surface area contributed by atoms with Crippen LogP contribution < -0.4 is 4.18 Å². The Labute approximate surface area is 132 Å². The number of nitrogens with zero attached hydrogens (tertiary/aromatic N) is 3. The number of aromatic nitrogens is 3. The molecule has 0 bridgehead atoms. The van der Waals surface area contributed by atoms with Crippen LogP contribution in [0.3, 0.4) is 0 Å². The maximum Gasteiger partial charge on any atom is 0.339 e. The normalized spacial score (nSPS) is 11.4. The van der Waals surface area contributed by atoms with Crippen molar-refractivity contribution in [3.05, 3.63) is 66.5 Å². The molecule has 0 saturated heterocycles. The second-order valence-corrected chi connectivity index (χ2v) is 6.30. The topological polar surface area (TPSA) is 74.1 Å². The molecule has 6 nitrogen and oxygen atoms in total. The van der Waals surface area contributed by atoms with Crippen LogP contribution in [0, 0.1) is 12.7 Å². The van der Waals surface area contributed by atoms with Gasteiger partial charge in [-0.2, -0.15) is 13.5 Å². The van der Waals surface area contributed by atoms with Crippen LogP contribution in [0.4, 0.5) is 4.39 Å². The van der Waals surface area contributed by atoms with Crippen molar-refractivity contribution in [1.82, 2.24) is 14.8 Å². The van der Waals surface area contributed by atoms with E-state index in [4.69, 9.17) is 4.18 Å². The van der Waals surface area contributed by atoms with Gasteiger partial charge >= 0.3 is 10.1 Å². The molecule has 0 spiro atoms. The third kappa shape index (κ3) is 3.21. The molecule has 3 rings (SSSR count). The average Bonchev–Trinajstić information content (AvgIpc) is 3.04. The Morgan fingerprint density at radius 2 is 2.00 bits per heavy atom. The Morgan fingerprint density at radius 3 is 2.74 bits per heavy atom. The molecule has 0 unspecified atom stereocenters. The number of hydrogen-bond donors (Lipinski definition) is 0. The first-order valence-corrected chi connectivity index (χ1v) is 8.02. The molecule has 2 aromatic carbocycles. The maximum atomic E-state index is 13.3. The quantitative estimate of drug-likeness (QED) is 0.686. The van der Waals surface area contributed by atoms with Crippen LogP contribution in [-0.4, -0.2) is 23.2 Å². The molecule has 0 aliphatic carbocycles. The first kappa shape index (κ1) is 15.2. The highest BCUT2D eigenvalue weighted by Crippen LogP contribution is 2.23. The van der Waals surface area contributed by atoms with Gasteiger partial charge in [0.25, 0.3) is 0 Å². The fourth-order valence-electron chi connectivity index (χ4n) is 2.03. The molecule has 0 radical (unpaired) electrons. The van der Waals surface area contributed by atoms with Gasteiger partial charge in [-0.1, -0.05) is 12.1 Å². The predicted octanol–water partition coefficient (Wildman–Crippen LogP) is 2.48. The van der Waals surface area contributed by atoms with Crippen molar-refractivity contribution in [2.45, 2.75) is 11.8 Å². The summed E-state index contributed by atoms with van der Waals surface area (Å²) in [7, 11) is -4.14. The zero-order valence-electron chi connectivity index (χ0n) is 12.0. The van der Waals surface area contributed by atoms with Crippen LogP contribution in [0.5, 0.6) is 5.75 Å². The van der Waals surface area contributed by atoms with Gasteiger partial charge in [-0.15, -0.1) is 0 Å². The summed E-state index contributed by atoms with van der Waals surface area (Å²) in [6.45, 7) is 1.57. The van der Waals surface area contributed by atoms with Gasteiger partial charge in [-0.05, 0) is 36.8 Å². The predicted molar refractivity (Wildman–Crippen MR) is 80.3 cm³/mol. The summed E-state index contributed by atoms with van der Waals surface area (Å²) in [6.07, 6.45) is 2.84. The van der Waals surface area contributed by atoms with Crippen molar-refractivity contribution in [2.75, 3.05) is 0 Å². The van der Waals surface area contributed by atoms with E-state index in [-0.39, 0.29) is 10.6 Å². The fraction of sp³-hybridized carbons (Fsp3) is 0.0667. The summed E-state index contributed by atoms with van der Waals surface area (Å²) in [6, 6.07) is 9.86. The van der Waals surface area contributed by atoms with Gasteiger partial charge in [0.15, 0.2) is 0 Å². The summed E-state index contributed by atoms with van der Waals surface area (Å²) in [5.41, 5.74) is 0.991. The second-order valence-electron chi connectivity index (χ2n) is 4.78. The monoisotopic (exact) mass is 333 g/mol. The minimum absolute atomic E-state index is 0.0988. The highest BCUT2D eigenvalue weighted by atomic mass is 32.2. The van der Waals surface area contributed by atoms with Gasteiger partial charge in [0, 0.05) is 6.07 Å². The number of hydrogen-bond acceptors (Lipinski definition) is 5. The summed E-state index contributed by atoms with van der Waals surface area (Å²) in [5, 5.41) is 3.96. The van der Waals surface area contributed by atoms with Crippen LogP contribution in [-0.2, 0) is 10.1 Å². The lowest BCUT2D eigenvalue weighted by Gasteiger charge is -2.10. The zero-order chi connectivity index (χ0) is 16.4. The standard InChI is InChI=1S/C15H12FN3O3S/c1-11-5-6-12(16)7-15(11)23(20,21)22-14-4-2-3-13(8-14)19-10-17-9-18-19/h2-10H,1H3. The van der Waals surface area contributed by atoms with Gasteiger partial charge in [-0.25, -0.2) is 14.1 Å². The van der Waals surface area contributed by atoms with E-state index in [0.717, 1.165) is 6.07 Å². The molecule has 0 amide bonds. The Balaban J connectivity index is 1.95. The summed E-state index contributed by atoms with van der Waals surface area (Å²) in [4.78, 5) is 3.62. The second kappa shape index (κ2) is 5.81. The largest absolute Gasteiger partial charge is 0.379 e. The van der Waals surface area contributed by atoms with E-state index < -0.39 is 15.9 Å². The van der Waals surface area contributed by atoms with E-state index in [1.165, 1.54) is 41.6 Å². The molecule has 0 saturated carbocycles. The van der Waals surface area contributed by atoms with Crippen molar-refractivity contribution >= 4 is 10.1 Å². The van der Waals surface area contributed by atoms with Gasteiger partial charge in [0.05, 0.1) is 5.69 Å². The maximum absolute atomic E-state index is 13.3. The molecule has 3 aromatic rings. The molecule has 118 valence electrons. The minimum Gasteiger partial charge on any atom is -0.379 e. The smallest absolute Gasteiger partial charge is 0.339 e. The van der Waals surface area contributed by atoms with Crippen LogP contribution in [0.25, 0.3) is 5.69 Å². The Hall–Kier alpha value is -2.74. The van der Waals surface area contributed by atoms with E-state index in [9.17, 15) is 12.8 Å². The zero-order valence-corrected chi connectivity index (χ0v) is 12.9. The van der Waals surface area contributed by atoms with Gasteiger partial charge < -0.3 is 4.18 Å². The molecule has 0 atom stereocenters. The van der Waals surface area contributed by atoms with Gasteiger partial charge in [0.2, 0.25) is 0 Å². The lowest BCUT2D eigenvalue weighted by Crippen LogP contribution is -2.12. The Kier molecular flexibility index (Phi) is 3.83. The highest BCUT2D eigenvalue weighted by Gasteiger charge is 2.20. The average molecular weight is 333 g/mol. The fourth-order valence-corrected chi connectivity index (χ4v) is 3.20. The Morgan fingerprint density at radius 1 is 1.17 bits per heavy atom. The molecular formula is C15H12FN3O3S. The SMILES string of the molecule is Cc1ccc(F)cc1S(=O)(=O)Oc1cccc(-n2cncn2)c1. The lowest BCUT2D eigenvalue weighted by atomic mass is 10.2. The van der Waals surface area contributed by atoms with Crippen LogP contribution >= 0.6 is 0 Å². The van der Waals surface area contributed by atoms with E-state index in [2.05, 4.69) is 10.1 Å². The summed E-state index contributed by atoms with van der Waals surface area (Å²) in [5.74, 6) is -0.546. The number of benzene rings is 2. The van der Waals surface area contributed by atoms with Gasteiger partial charge in [0.1, 0.15) is 29.1 Å². The third-order valence-corrected chi connectivity index (χ3v) is 4.52. The molecule has 0 fully saturated rings. The van der Waals surface area contributed by atoms with Crippen molar-refractivity contribution in [2.24, 2.45) is 0 Å². The summed E-state index contributed by atoms with van der Waals surface area (Å²) >= 11 is 0. The van der Waals surface area contributed by atoms with Crippen molar-refractivity contribution in [3.8, 4) is 11.4 Å². The van der Waals surface area contributed by atoms with Crippen molar-refractivity contribution < 1.29 is 17.0 Å². The molecule has 0 N–H and O–H groups in total. The molecule has 8 heteroatoms. The third-order valence-electron chi connectivity index (χ3n) is 3.13. The molecule has 1 heterocycles. The van der Waals surface area contributed by atoms with Crippen molar-refractivity contribution in [1.29, 1.82) is 0 Å². The molecule has 0 aliphatic rings. The molecular weight excluding hydrogens is 321 g/mol. The first-order valence-electron chi connectivity index (χ1n) is 6.61. The van der Waals surface area contributed by atoms with Crippen LogP contribution in [0.15, 0.2) is 60.0 Å².